The number of carbonyl (C=O) groups excluding carboxylic acids is 2. The first kappa shape index (κ1) is 30.5. The predicted octanol–water partition coefficient (Wildman–Crippen LogP) is 4.34. The van der Waals surface area contributed by atoms with Gasteiger partial charge in [0.1, 0.15) is 5.37 Å². The van der Waals surface area contributed by atoms with E-state index in [1.165, 1.54) is 35.7 Å². The van der Waals surface area contributed by atoms with E-state index >= 15 is 0 Å². The van der Waals surface area contributed by atoms with Gasteiger partial charge in [-0.15, -0.1) is 18.2 Å². The van der Waals surface area contributed by atoms with Crippen LogP contribution in [0.1, 0.15) is 43.7 Å². The molecule has 0 aromatic heterocycles. The summed E-state index contributed by atoms with van der Waals surface area (Å²) in [6.45, 7) is 8.36. The topological polar surface area (TPSA) is 88.5 Å². The molecular formula is C33H41N5O2S. The van der Waals surface area contributed by atoms with Crippen LogP contribution in [0.15, 0.2) is 54.6 Å². The number of piperidine rings is 1. The van der Waals surface area contributed by atoms with Crippen LogP contribution in [0.3, 0.4) is 0 Å². The van der Waals surface area contributed by atoms with E-state index in [1.807, 2.05) is 13.8 Å². The average Bonchev–Trinajstić information content (AvgIpc) is 3.34. The first-order valence-corrected chi connectivity index (χ1v) is 15.6. The zero-order valence-electron chi connectivity index (χ0n) is 24.1. The van der Waals surface area contributed by atoms with E-state index in [9.17, 15) is 14.9 Å². The molecule has 41 heavy (non-hydrogen) atoms. The van der Waals surface area contributed by atoms with Crippen LogP contribution in [0.25, 0.3) is 0 Å². The highest BCUT2D eigenvalue weighted by molar-refractivity contribution is 8.01. The number of benzene rings is 2. The van der Waals surface area contributed by atoms with E-state index in [-0.39, 0.29) is 23.6 Å². The number of carbonyl (C=O) groups is 2. The summed E-state index contributed by atoms with van der Waals surface area (Å²) in [5.74, 6) is 1.61. The number of hydrogen-bond donors (Lipinski definition) is 2. The van der Waals surface area contributed by atoms with Crippen molar-refractivity contribution >= 4 is 29.3 Å². The van der Waals surface area contributed by atoms with Gasteiger partial charge < -0.3 is 20.4 Å². The zero-order valence-corrected chi connectivity index (χ0v) is 24.9. The molecule has 2 aliphatic rings. The van der Waals surface area contributed by atoms with Gasteiger partial charge in [-0.3, -0.25) is 9.59 Å². The number of nitriles is 1. The van der Waals surface area contributed by atoms with Gasteiger partial charge in [0.15, 0.2) is 5.92 Å². The molecule has 2 heterocycles. The maximum absolute atomic E-state index is 13.2. The first-order chi connectivity index (χ1) is 19.9. The summed E-state index contributed by atoms with van der Waals surface area (Å²) in [7, 11) is 0. The molecule has 2 aromatic rings. The lowest BCUT2D eigenvalue weighted by Crippen LogP contribution is -2.44. The third-order valence-electron chi connectivity index (χ3n) is 8.18. The molecule has 2 amide bonds. The fourth-order valence-electron chi connectivity index (χ4n) is 5.77. The summed E-state index contributed by atoms with van der Waals surface area (Å²) in [5.41, 5.74) is 3.80. The summed E-state index contributed by atoms with van der Waals surface area (Å²) in [5, 5.41) is 15.0. The van der Waals surface area contributed by atoms with Gasteiger partial charge in [-0.25, -0.2) is 0 Å². The fourth-order valence-corrected chi connectivity index (χ4v) is 7.43. The van der Waals surface area contributed by atoms with Crippen molar-refractivity contribution in [3.8, 4) is 18.4 Å². The molecule has 0 aliphatic carbocycles. The SMILES string of the molecule is C#CCNC(=O)C(C#N)C1SC(C(C)CNc2cccc(CCN3CCC(c4ccccc4)CC3)c2)C(=O)N1CC. The van der Waals surface area contributed by atoms with Crippen molar-refractivity contribution in [3.05, 3.63) is 65.7 Å². The Labute approximate surface area is 249 Å². The molecule has 4 unspecified atom stereocenters. The highest BCUT2D eigenvalue weighted by Gasteiger charge is 2.47. The summed E-state index contributed by atoms with van der Waals surface area (Å²) >= 11 is 1.41. The Morgan fingerprint density at radius 3 is 2.61 bits per heavy atom. The van der Waals surface area contributed by atoms with Crippen molar-refractivity contribution in [2.45, 2.75) is 49.7 Å². The molecule has 2 saturated heterocycles. The van der Waals surface area contributed by atoms with Gasteiger partial charge >= 0.3 is 0 Å². The quantitative estimate of drug-likeness (QED) is 0.369. The summed E-state index contributed by atoms with van der Waals surface area (Å²) in [6.07, 6.45) is 8.67. The molecule has 8 heteroatoms. The molecule has 4 atom stereocenters. The Bertz CT molecular complexity index is 1250. The van der Waals surface area contributed by atoms with Crippen LogP contribution >= 0.6 is 11.8 Å². The van der Waals surface area contributed by atoms with E-state index in [0.717, 1.165) is 31.7 Å². The molecule has 2 aliphatic heterocycles. The monoisotopic (exact) mass is 571 g/mol. The van der Waals surface area contributed by atoms with Crippen molar-refractivity contribution in [2.24, 2.45) is 11.8 Å². The Kier molecular flexibility index (Phi) is 11.1. The second-order valence-electron chi connectivity index (χ2n) is 10.9. The molecule has 7 nitrogen and oxygen atoms in total. The molecule has 0 bridgehead atoms. The number of nitrogens with zero attached hydrogens (tertiary/aromatic N) is 3. The lowest BCUT2D eigenvalue weighted by Gasteiger charge is -2.32. The van der Waals surface area contributed by atoms with E-state index in [4.69, 9.17) is 6.42 Å². The van der Waals surface area contributed by atoms with Gasteiger partial charge in [0.25, 0.3) is 0 Å². The molecule has 0 saturated carbocycles. The fraction of sp³-hybridized carbons (Fsp3) is 0.485. The summed E-state index contributed by atoms with van der Waals surface area (Å²) < 4.78 is 0. The van der Waals surface area contributed by atoms with Crippen LogP contribution in [-0.4, -0.2) is 71.5 Å². The number of amides is 2. The minimum absolute atomic E-state index is 0.00855. The molecule has 4 rings (SSSR count). The third kappa shape index (κ3) is 7.85. The van der Waals surface area contributed by atoms with Gasteiger partial charge in [-0.1, -0.05) is 55.3 Å². The molecule has 216 valence electrons. The molecule has 0 radical (unpaired) electrons. The number of likely N-dealkylation sites (tertiary alicyclic amines) is 1. The largest absolute Gasteiger partial charge is 0.385 e. The number of nitrogens with one attached hydrogen (secondary N) is 2. The van der Waals surface area contributed by atoms with Crippen LogP contribution in [0.4, 0.5) is 5.69 Å². The van der Waals surface area contributed by atoms with Crippen LogP contribution in [0.2, 0.25) is 0 Å². The van der Waals surface area contributed by atoms with E-state index in [2.05, 4.69) is 82.1 Å². The average molecular weight is 572 g/mol. The van der Waals surface area contributed by atoms with E-state index < -0.39 is 17.2 Å². The molecular weight excluding hydrogens is 530 g/mol. The number of anilines is 1. The maximum Gasteiger partial charge on any atom is 0.241 e. The maximum atomic E-state index is 13.2. The van der Waals surface area contributed by atoms with Gasteiger partial charge in [0, 0.05) is 25.3 Å². The highest BCUT2D eigenvalue weighted by atomic mass is 32.2. The zero-order chi connectivity index (χ0) is 29.2. The molecule has 2 N–H and O–H groups in total. The molecule has 0 spiro atoms. The van der Waals surface area contributed by atoms with Crippen molar-refractivity contribution in [3.63, 3.8) is 0 Å². The summed E-state index contributed by atoms with van der Waals surface area (Å²) in [4.78, 5) is 30.0. The summed E-state index contributed by atoms with van der Waals surface area (Å²) in [6, 6.07) is 21.5. The number of thioether (sulfide) groups is 1. The highest BCUT2D eigenvalue weighted by Crippen LogP contribution is 2.39. The minimum atomic E-state index is -0.969. The minimum Gasteiger partial charge on any atom is -0.385 e. The lowest BCUT2D eigenvalue weighted by molar-refractivity contribution is -0.132. The Balaban J connectivity index is 1.27. The number of terminal acetylenes is 1. The van der Waals surface area contributed by atoms with Gasteiger partial charge in [-0.05, 0) is 74.4 Å². The number of rotatable bonds is 12. The van der Waals surface area contributed by atoms with Gasteiger partial charge in [-0.2, -0.15) is 5.26 Å². The first-order valence-electron chi connectivity index (χ1n) is 14.6. The van der Waals surface area contributed by atoms with Crippen molar-refractivity contribution in [1.29, 1.82) is 5.26 Å². The smallest absolute Gasteiger partial charge is 0.241 e. The normalized spacial score (nSPS) is 21.1. The molecule has 2 fully saturated rings. The van der Waals surface area contributed by atoms with Crippen molar-refractivity contribution in [2.75, 3.05) is 44.6 Å². The third-order valence-corrected chi connectivity index (χ3v) is 9.94. The van der Waals surface area contributed by atoms with E-state index in [1.54, 1.807) is 4.90 Å². The van der Waals surface area contributed by atoms with Gasteiger partial charge in [0.05, 0.1) is 17.9 Å². The van der Waals surface area contributed by atoms with E-state index in [0.29, 0.717) is 19.0 Å². The van der Waals surface area contributed by atoms with Crippen LogP contribution in [-0.2, 0) is 16.0 Å². The van der Waals surface area contributed by atoms with Crippen LogP contribution in [0, 0.1) is 35.5 Å². The Morgan fingerprint density at radius 2 is 1.93 bits per heavy atom. The van der Waals surface area contributed by atoms with Crippen LogP contribution in [0.5, 0.6) is 0 Å². The Morgan fingerprint density at radius 1 is 1.17 bits per heavy atom. The van der Waals surface area contributed by atoms with Crippen molar-refractivity contribution < 1.29 is 9.59 Å². The van der Waals surface area contributed by atoms with Crippen LogP contribution < -0.4 is 10.6 Å². The van der Waals surface area contributed by atoms with Gasteiger partial charge in [0.2, 0.25) is 11.8 Å². The standard InChI is InChI=1S/C33H41N5O2S/c1-4-17-35-31(39)29(22-34)33-38(5-2)32(40)30(41-33)24(3)23-36-28-13-9-10-25(21-28)14-18-37-19-15-27(16-20-37)26-11-7-6-8-12-26/h1,6-13,21,24,27,29-30,33,36H,5,14-20,23H2,2-3H3,(H,35,39). The number of hydrogen-bond acceptors (Lipinski definition) is 6. The molecule has 2 aromatic carbocycles. The second kappa shape index (κ2) is 15.0. The predicted molar refractivity (Wildman–Crippen MR) is 166 cm³/mol. The second-order valence-corrected chi connectivity index (χ2v) is 12.2. The lowest BCUT2D eigenvalue weighted by atomic mass is 9.89. The van der Waals surface area contributed by atoms with Crippen molar-refractivity contribution in [1.82, 2.24) is 15.1 Å². The Hall–Kier alpha value is -3.46.